The van der Waals surface area contributed by atoms with Crippen LogP contribution >= 0.6 is 0 Å². The summed E-state index contributed by atoms with van der Waals surface area (Å²) in [5.41, 5.74) is 2.15. The molecule has 78 valence electrons. The van der Waals surface area contributed by atoms with Crippen LogP contribution in [0.15, 0.2) is 41.3 Å². The maximum atomic E-state index is 11.4. The van der Waals surface area contributed by atoms with Crippen LogP contribution in [-0.4, -0.2) is 9.55 Å². The Morgan fingerprint density at radius 1 is 1.27 bits per heavy atom. The number of hydrogen-bond donors (Lipinski definition) is 1. The highest BCUT2D eigenvalue weighted by Crippen LogP contribution is 2.05. The summed E-state index contributed by atoms with van der Waals surface area (Å²) in [5.74, 6) is 0. The number of aryl methyl sites for hydroxylation is 1. The first-order chi connectivity index (χ1) is 7.29. The smallest absolute Gasteiger partial charge is 0.310 e. The van der Waals surface area contributed by atoms with Gasteiger partial charge in [0.25, 0.3) is 0 Å². The highest BCUT2D eigenvalue weighted by atomic mass is 16.1. The number of benzene rings is 1. The van der Waals surface area contributed by atoms with Gasteiger partial charge >= 0.3 is 5.69 Å². The number of aromatic amines is 1. The number of H-pyrrole nitrogens is 1. The molecule has 15 heavy (non-hydrogen) atoms. The fourth-order valence-corrected chi connectivity index (χ4v) is 1.63. The summed E-state index contributed by atoms with van der Waals surface area (Å²) in [6.07, 6.45) is 2.67. The van der Waals surface area contributed by atoms with Crippen LogP contribution in [0.1, 0.15) is 18.2 Å². The Balaban J connectivity index is 2.22. The van der Waals surface area contributed by atoms with Gasteiger partial charge < -0.3 is 4.98 Å². The SMILES string of the molecule is CCn1cc(Cc2ccccc2)[nH]c1=O. The number of rotatable bonds is 3. The van der Waals surface area contributed by atoms with E-state index in [1.807, 2.05) is 31.3 Å². The molecule has 0 radical (unpaired) electrons. The minimum absolute atomic E-state index is 0.0246. The fraction of sp³-hybridized carbons (Fsp3) is 0.250. The average molecular weight is 202 g/mol. The molecule has 0 aliphatic carbocycles. The van der Waals surface area contributed by atoms with Crippen molar-refractivity contribution >= 4 is 0 Å². The Morgan fingerprint density at radius 3 is 2.60 bits per heavy atom. The predicted molar refractivity (Wildman–Crippen MR) is 60.0 cm³/mol. The van der Waals surface area contributed by atoms with Crippen LogP contribution < -0.4 is 5.69 Å². The highest BCUT2D eigenvalue weighted by Gasteiger charge is 2.01. The molecule has 2 aromatic rings. The van der Waals surface area contributed by atoms with Crippen molar-refractivity contribution in [1.82, 2.24) is 9.55 Å². The molecule has 0 aliphatic rings. The summed E-state index contributed by atoms with van der Waals surface area (Å²) in [7, 11) is 0. The lowest BCUT2D eigenvalue weighted by Crippen LogP contribution is -2.14. The van der Waals surface area contributed by atoms with E-state index in [0.717, 1.165) is 12.1 Å². The fourth-order valence-electron chi connectivity index (χ4n) is 1.63. The summed E-state index contributed by atoms with van der Waals surface area (Å²) < 4.78 is 1.68. The van der Waals surface area contributed by atoms with Gasteiger partial charge in [-0.2, -0.15) is 0 Å². The van der Waals surface area contributed by atoms with Crippen LogP contribution in [-0.2, 0) is 13.0 Å². The molecule has 3 heteroatoms. The molecule has 1 aromatic carbocycles. The van der Waals surface area contributed by atoms with E-state index >= 15 is 0 Å². The molecule has 1 heterocycles. The van der Waals surface area contributed by atoms with Gasteiger partial charge in [-0.15, -0.1) is 0 Å². The molecule has 0 fully saturated rings. The molecule has 0 amide bonds. The van der Waals surface area contributed by atoms with Gasteiger partial charge in [-0.25, -0.2) is 4.79 Å². The van der Waals surface area contributed by atoms with E-state index in [0.29, 0.717) is 6.54 Å². The topological polar surface area (TPSA) is 37.8 Å². The van der Waals surface area contributed by atoms with Gasteiger partial charge in [0.2, 0.25) is 0 Å². The summed E-state index contributed by atoms with van der Waals surface area (Å²) in [6.45, 7) is 2.67. The van der Waals surface area contributed by atoms with Crippen LogP contribution in [0.2, 0.25) is 0 Å². The lowest BCUT2D eigenvalue weighted by atomic mass is 10.1. The van der Waals surface area contributed by atoms with Gasteiger partial charge in [-0.3, -0.25) is 4.57 Å². The van der Waals surface area contributed by atoms with E-state index in [-0.39, 0.29) is 5.69 Å². The monoisotopic (exact) mass is 202 g/mol. The molecule has 0 bridgehead atoms. The maximum Gasteiger partial charge on any atom is 0.325 e. The number of imidazole rings is 1. The van der Waals surface area contributed by atoms with Crippen molar-refractivity contribution in [3.8, 4) is 0 Å². The Kier molecular flexibility index (Phi) is 2.72. The van der Waals surface area contributed by atoms with E-state index in [9.17, 15) is 4.79 Å². The van der Waals surface area contributed by atoms with E-state index in [4.69, 9.17) is 0 Å². The average Bonchev–Trinajstić information content (AvgIpc) is 2.60. The molecule has 0 saturated carbocycles. The van der Waals surface area contributed by atoms with Gasteiger partial charge in [0.1, 0.15) is 0 Å². The van der Waals surface area contributed by atoms with E-state index in [2.05, 4.69) is 17.1 Å². The standard InChI is InChI=1S/C12H14N2O/c1-2-14-9-11(13-12(14)15)8-10-6-4-3-5-7-10/h3-7,9H,2,8H2,1H3,(H,13,15). The third kappa shape index (κ3) is 2.18. The van der Waals surface area contributed by atoms with Crippen LogP contribution in [0.4, 0.5) is 0 Å². The largest absolute Gasteiger partial charge is 0.325 e. The number of nitrogens with zero attached hydrogens (tertiary/aromatic N) is 1. The molecular formula is C12H14N2O. The van der Waals surface area contributed by atoms with E-state index in [1.165, 1.54) is 5.56 Å². The maximum absolute atomic E-state index is 11.4. The minimum Gasteiger partial charge on any atom is -0.310 e. The van der Waals surface area contributed by atoms with Gasteiger partial charge in [0.05, 0.1) is 0 Å². The van der Waals surface area contributed by atoms with Gasteiger partial charge in [0, 0.05) is 24.9 Å². The van der Waals surface area contributed by atoms with Crippen molar-refractivity contribution in [3.63, 3.8) is 0 Å². The molecule has 1 aromatic heterocycles. The van der Waals surface area contributed by atoms with Crippen LogP contribution in [0.3, 0.4) is 0 Å². The predicted octanol–water partition coefficient (Wildman–Crippen LogP) is 1.79. The second-order valence-corrected chi connectivity index (χ2v) is 3.53. The van der Waals surface area contributed by atoms with E-state index < -0.39 is 0 Å². The summed E-state index contributed by atoms with van der Waals surface area (Å²) >= 11 is 0. The number of nitrogens with one attached hydrogen (secondary N) is 1. The molecular weight excluding hydrogens is 188 g/mol. The molecule has 0 atom stereocenters. The third-order valence-electron chi connectivity index (χ3n) is 2.42. The Morgan fingerprint density at radius 2 is 2.00 bits per heavy atom. The van der Waals surface area contributed by atoms with Crippen LogP contribution in [0.25, 0.3) is 0 Å². The molecule has 0 unspecified atom stereocenters. The second kappa shape index (κ2) is 4.17. The summed E-state index contributed by atoms with van der Waals surface area (Å²) in [5, 5.41) is 0. The normalized spacial score (nSPS) is 10.5. The first-order valence-corrected chi connectivity index (χ1v) is 5.12. The molecule has 0 saturated heterocycles. The van der Waals surface area contributed by atoms with Crippen LogP contribution in [0, 0.1) is 0 Å². The van der Waals surface area contributed by atoms with Crippen molar-refractivity contribution in [2.75, 3.05) is 0 Å². The van der Waals surface area contributed by atoms with Crippen LogP contribution in [0.5, 0.6) is 0 Å². The Hall–Kier alpha value is -1.77. The lowest BCUT2D eigenvalue weighted by molar-refractivity contribution is 0.729. The molecule has 2 rings (SSSR count). The zero-order valence-corrected chi connectivity index (χ0v) is 8.73. The van der Waals surface area contributed by atoms with Gasteiger partial charge in [-0.05, 0) is 12.5 Å². The van der Waals surface area contributed by atoms with Crippen molar-refractivity contribution in [1.29, 1.82) is 0 Å². The highest BCUT2D eigenvalue weighted by molar-refractivity contribution is 5.20. The zero-order chi connectivity index (χ0) is 10.7. The first kappa shape index (κ1) is 9.77. The summed E-state index contributed by atoms with van der Waals surface area (Å²) in [4.78, 5) is 14.2. The molecule has 1 N–H and O–H groups in total. The number of aromatic nitrogens is 2. The Bertz CT molecular complexity index is 482. The first-order valence-electron chi connectivity index (χ1n) is 5.12. The van der Waals surface area contributed by atoms with Crippen molar-refractivity contribution < 1.29 is 0 Å². The second-order valence-electron chi connectivity index (χ2n) is 3.53. The molecule has 3 nitrogen and oxygen atoms in total. The lowest BCUT2D eigenvalue weighted by Gasteiger charge is -1.96. The van der Waals surface area contributed by atoms with Crippen molar-refractivity contribution in [3.05, 3.63) is 58.3 Å². The summed E-state index contributed by atoms with van der Waals surface area (Å²) in [6, 6.07) is 10.1. The number of hydrogen-bond acceptors (Lipinski definition) is 1. The van der Waals surface area contributed by atoms with E-state index in [1.54, 1.807) is 4.57 Å². The third-order valence-corrected chi connectivity index (χ3v) is 2.42. The van der Waals surface area contributed by atoms with Gasteiger partial charge in [-0.1, -0.05) is 30.3 Å². The molecule has 0 aliphatic heterocycles. The molecule has 0 spiro atoms. The van der Waals surface area contributed by atoms with Gasteiger partial charge in [0.15, 0.2) is 0 Å². The Labute approximate surface area is 88.4 Å². The zero-order valence-electron chi connectivity index (χ0n) is 8.73. The quantitative estimate of drug-likeness (QED) is 0.809. The minimum atomic E-state index is -0.0246. The van der Waals surface area contributed by atoms with Crippen molar-refractivity contribution in [2.45, 2.75) is 19.9 Å². The van der Waals surface area contributed by atoms with Crippen molar-refractivity contribution in [2.24, 2.45) is 0 Å².